The molecule has 0 amide bonds. The van der Waals surface area contributed by atoms with E-state index >= 15 is 0 Å². The Morgan fingerprint density at radius 2 is 1.64 bits per heavy atom. The summed E-state index contributed by atoms with van der Waals surface area (Å²) in [5.74, 6) is 2.88. The molecule has 2 fully saturated rings. The second kappa shape index (κ2) is 4.22. The summed E-state index contributed by atoms with van der Waals surface area (Å²) in [5, 5.41) is 3.85. The van der Waals surface area contributed by atoms with Crippen LogP contribution < -0.4 is 5.32 Å². The Kier molecular flexibility index (Phi) is 3.16. The molecule has 0 bridgehead atoms. The van der Waals surface area contributed by atoms with Crippen LogP contribution in [0.15, 0.2) is 0 Å². The molecule has 14 heavy (non-hydrogen) atoms. The molecule has 1 heteroatoms. The van der Waals surface area contributed by atoms with Gasteiger partial charge in [-0.3, -0.25) is 0 Å². The molecule has 2 aliphatic carbocycles. The minimum Gasteiger partial charge on any atom is -0.311 e. The number of rotatable bonds is 3. The molecular weight excluding hydrogens is 170 g/mol. The van der Waals surface area contributed by atoms with Crippen LogP contribution in [-0.4, -0.2) is 12.1 Å². The van der Waals surface area contributed by atoms with Gasteiger partial charge >= 0.3 is 0 Å². The molecule has 4 atom stereocenters. The first-order chi connectivity index (χ1) is 6.69. The summed E-state index contributed by atoms with van der Waals surface area (Å²) in [4.78, 5) is 0. The van der Waals surface area contributed by atoms with Gasteiger partial charge in [0.1, 0.15) is 0 Å². The second-order valence-corrected chi connectivity index (χ2v) is 5.79. The third-order valence-corrected chi connectivity index (χ3v) is 4.08. The molecule has 0 radical (unpaired) electrons. The van der Waals surface area contributed by atoms with Gasteiger partial charge in [-0.2, -0.15) is 0 Å². The zero-order valence-electron chi connectivity index (χ0n) is 9.92. The lowest BCUT2D eigenvalue weighted by atomic mass is 9.80. The van der Waals surface area contributed by atoms with E-state index in [0.717, 1.165) is 29.8 Å². The standard InChI is InChI=1S/C13H25N/c1-4-11-8-13(11)14-12-6-9(2)5-10(3)7-12/h9-14H,4-8H2,1-3H3. The van der Waals surface area contributed by atoms with Crippen LogP contribution in [0.1, 0.15) is 52.9 Å². The molecule has 82 valence electrons. The average molecular weight is 195 g/mol. The van der Waals surface area contributed by atoms with Crippen molar-refractivity contribution >= 4 is 0 Å². The zero-order valence-corrected chi connectivity index (χ0v) is 9.92. The molecule has 1 nitrogen and oxygen atoms in total. The highest BCUT2D eigenvalue weighted by Gasteiger charge is 2.37. The van der Waals surface area contributed by atoms with Crippen LogP contribution in [-0.2, 0) is 0 Å². The summed E-state index contributed by atoms with van der Waals surface area (Å²) in [6.07, 6.45) is 7.08. The normalized spacial score (nSPS) is 47.8. The number of nitrogens with one attached hydrogen (secondary N) is 1. The monoisotopic (exact) mass is 195 g/mol. The largest absolute Gasteiger partial charge is 0.311 e. The van der Waals surface area contributed by atoms with E-state index < -0.39 is 0 Å². The summed E-state index contributed by atoms with van der Waals surface area (Å²) in [7, 11) is 0. The van der Waals surface area contributed by atoms with Crippen molar-refractivity contribution in [3.05, 3.63) is 0 Å². The fourth-order valence-corrected chi connectivity index (χ4v) is 3.29. The number of hydrogen-bond acceptors (Lipinski definition) is 1. The summed E-state index contributed by atoms with van der Waals surface area (Å²) in [6, 6.07) is 1.71. The van der Waals surface area contributed by atoms with Crippen LogP contribution in [0.5, 0.6) is 0 Å². The smallest absolute Gasteiger partial charge is 0.0102 e. The van der Waals surface area contributed by atoms with Crippen molar-refractivity contribution in [2.24, 2.45) is 17.8 Å². The van der Waals surface area contributed by atoms with Gasteiger partial charge in [0.05, 0.1) is 0 Å². The van der Waals surface area contributed by atoms with E-state index in [2.05, 4.69) is 26.1 Å². The topological polar surface area (TPSA) is 12.0 Å². The minimum atomic E-state index is 0.829. The van der Waals surface area contributed by atoms with E-state index in [1.165, 1.54) is 32.1 Å². The Hall–Kier alpha value is -0.0400. The van der Waals surface area contributed by atoms with Crippen LogP contribution in [0.3, 0.4) is 0 Å². The Bertz CT molecular complexity index is 180. The van der Waals surface area contributed by atoms with Gasteiger partial charge in [-0.1, -0.05) is 27.2 Å². The average Bonchev–Trinajstić information content (AvgIpc) is 2.81. The lowest BCUT2D eigenvalue weighted by Gasteiger charge is -2.32. The van der Waals surface area contributed by atoms with Crippen LogP contribution in [0, 0.1) is 17.8 Å². The Labute approximate surface area is 88.7 Å². The predicted octanol–water partition coefficient (Wildman–Crippen LogP) is 3.20. The highest BCUT2D eigenvalue weighted by Crippen LogP contribution is 2.36. The maximum absolute atomic E-state index is 3.85. The summed E-state index contributed by atoms with van der Waals surface area (Å²) in [5.41, 5.74) is 0. The molecule has 2 rings (SSSR count). The minimum absolute atomic E-state index is 0.829. The fraction of sp³-hybridized carbons (Fsp3) is 1.00. The molecule has 0 aromatic heterocycles. The van der Waals surface area contributed by atoms with E-state index in [0.29, 0.717) is 0 Å². The van der Waals surface area contributed by atoms with Crippen LogP contribution in [0.4, 0.5) is 0 Å². The van der Waals surface area contributed by atoms with Crippen LogP contribution in [0.25, 0.3) is 0 Å². The van der Waals surface area contributed by atoms with E-state index in [1.54, 1.807) is 0 Å². The van der Waals surface area contributed by atoms with Crippen LogP contribution >= 0.6 is 0 Å². The molecule has 0 aliphatic heterocycles. The van der Waals surface area contributed by atoms with E-state index in [9.17, 15) is 0 Å². The van der Waals surface area contributed by atoms with Gasteiger partial charge in [0, 0.05) is 12.1 Å². The van der Waals surface area contributed by atoms with Gasteiger partial charge in [0.25, 0.3) is 0 Å². The molecule has 1 N–H and O–H groups in total. The van der Waals surface area contributed by atoms with Crippen LogP contribution in [0.2, 0.25) is 0 Å². The third kappa shape index (κ3) is 2.50. The molecule has 0 heterocycles. The first kappa shape index (κ1) is 10.5. The molecule has 2 saturated carbocycles. The predicted molar refractivity (Wildman–Crippen MR) is 61.3 cm³/mol. The van der Waals surface area contributed by atoms with Crippen molar-refractivity contribution in [3.8, 4) is 0 Å². The second-order valence-electron chi connectivity index (χ2n) is 5.79. The van der Waals surface area contributed by atoms with Crippen molar-refractivity contribution in [2.45, 2.75) is 65.0 Å². The van der Waals surface area contributed by atoms with Crippen molar-refractivity contribution < 1.29 is 0 Å². The summed E-state index contributed by atoms with van der Waals surface area (Å²) in [6.45, 7) is 7.14. The molecule has 0 saturated heterocycles. The van der Waals surface area contributed by atoms with Gasteiger partial charge in [0.2, 0.25) is 0 Å². The fourth-order valence-electron chi connectivity index (χ4n) is 3.29. The van der Waals surface area contributed by atoms with E-state index in [1.807, 2.05) is 0 Å². The van der Waals surface area contributed by atoms with E-state index in [-0.39, 0.29) is 0 Å². The van der Waals surface area contributed by atoms with E-state index in [4.69, 9.17) is 0 Å². The van der Waals surface area contributed by atoms with Crippen molar-refractivity contribution in [1.29, 1.82) is 0 Å². The van der Waals surface area contributed by atoms with Crippen molar-refractivity contribution in [1.82, 2.24) is 5.32 Å². The summed E-state index contributed by atoms with van der Waals surface area (Å²) >= 11 is 0. The van der Waals surface area contributed by atoms with Gasteiger partial charge in [0.15, 0.2) is 0 Å². The molecule has 0 aromatic carbocycles. The van der Waals surface area contributed by atoms with Crippen molar-refractivity contribution in [3.63, 3.8) is 0 Å². The van der Waals surface area contributed by atoms with Gasteiger partial charge in [-0.25, -0.2) is 0 Å². The van der Waals surface area contributed by atoms with Gasteiger partial charge < -0.3 is 5.32 Å². The summed E-state index contributed by atoms with van der Waals surface area (Å²) < 4.78 is 0. The number of hydrogen-bond donors (Lipinski definition) is 1. The maximum atomic E-state index is 3.85. The molecule has 2 aliphatic rings. The quantitative estimate of drug-likeness (QED) is 0.729. The molecule has 0 aromatic rings. The Morgan fingerprint density at radius 3 is 2.14 bits per heavy atom. The van der Waals surface area contributed by atoms with Gasteiger partial charge in [-0.15, -0.1) is 0 Å². The lowest BCUT2D eigenvalue weighted by molar-refractivity contribution is 0.236. The zero-order chi connectivity index (χ0) is 10.1. The Morgan fingerprint density at radius 1 is 1.00 bits per heavy atom. The molecule has 0 spiro atoms. The highest BCUT2D eigenvalue weighted by molar-refractivity contribution is 4.95. The lowest BCUT2D eigenvalue weighted by Crippen LogP contribution is -2.38. The first-order valence-electron chi connectivity index (χ1n) is 6.45. The highest BCUT2D eigenvalue weighted by atomic mass is 15.0. The molecular formula is C13H25N. The third-order valence-electron chi connectivity index (χ3n) is 4.08. The maximum Gasteiger partial charge on any atom is 0.0102 e. The Balaban J connectivity index is 1.75. The SMILES string of the molecule is CCC1CC1NC1CC(C)CC(C)C1. The molecule has 4 unspecified atom stereocenters. The first-order valence-corrected chi connectivity index (χ1v) is 6.45. The van der Waals surface area contributed by atoms with Crippen molar-refractivity contribution in [2.75, 3.05) is 0 Å². The van der Waals surface area contributed by atoms with Gasteiger partial charge in [-0.05, 0) is 43.4 Å².